The average Bonchev–Trinajstić information content (AvgIpc) is 2.96. The monoisotopic (exact) mass is 370 g/mol. The molecule has 1 N–H and O–H groups in total. The van der Waals surface area contributed by atoms with Crippen molar-refractivity contribution in [2.24, 2.45) is 11.3 Å². The maximum atomic E-state index is 13.3. The summed E-state index contributed by atoms with van der Waals surface area (Å²) < 4.78 is 18.5. The number of aliphatic hydroxyl groups excluding tert-OH is 1. The second-order valence-electron chi connectivity index (χ2n) is 7.49. The van der Waals surface area contributed by atoms with Crippen molar-refractivity contribution in [1.29, 1.82) is 0 Å². The van der Waals surface area contributed by atoms with Gasteiger partial charge in [-0.2, -0.15) is 0 Å². The maximum absolute atomic E-state index is 13.3. The molecule has 2 fully saturated rings. The Morgan fingerprint density at radius 2 is 2.08 bits per heavy atom. The standard InChI is InChI=1S/C19H28ClFN2O2/c1-25-9-8-23-12-16(13-24)19(14-23)4-6-22(7-5-19)11-15-2-3-18(21)17(20)10-15/h2-3,10,16,24H,4-9,11-14H2,1H3. The minimum atomic E-state index is -0.365. The smallest absolute Gasteiger partial charge is 0.141 e. The van der Waals surface area contributed by atoms with Crippen LogP contribution in [0.15, 0.2) is 18.2 Å². The normalized spacial score (nSPS) is 24.2. The second kappa shape index (κ2) is 8.31. The molecule has 2 aliphatic rings. The summed E-state index contributed by atoms with van der Waals surface area (Å²) in [5.74, 6) is -0.0114. The van der Waals surface area contributed by atoms with E-state index in [4.69, 9.17) is 16.3 Å². The molecule has 0 saturated carbocycles. The highest BCUT2D eigenvalue weighted by Gasteiger charge is 2.47. The van der Waals surface area contributed by atoms with E-state index >= 15 is 0 Å². The summed E-state index contributed by atoms with van der Waals surface area (Å²) in [6.07, 6.45) is 2.19. The van der Waals surface area contributed by atoms with Gasteiger partial charge in [-0.25, -0.2) is 4.39 Å². The van der Waals surface area contributed by atoms with Crippen molar-refractivity contribution in [1.82, 2.24) is 9.80 Å². The molecule has 1 spiro atoms. The summed E-state index contributed by atoms with van der Waals surface area (Å²) in [7, 11) is 1.73. The number of halogens is 2. The molecule has 25 heavy (non-hydrogen) atoms. The van der Waals surface area contributed by atoms with Crippen molar-refractivity contribution in [2.45, 2.75) is 19.4 Å². The van der Waals surface area contributed by atoms with E-state index in [1.165, 1.54) is 6.07 Å². The molecule has 1 aromatic rings. The molecule has 2 saturated heterocycles. The quantitative estimate of drug-likeness (QED) is 0.835. The molecule has 2 heterocycles. The van der Waals surface area contributed by atoms with Gasteiger partial charge in [-0.05, 0) is 49.0 Å². The second-order valence-corrected chi connectivity index (χ2v) is 7.90. The lowest BCUT2D eigenvalue weighted by molar-refractivity contribution is 0.0477. The Hall–Kier alpha value is -0.720. The van der Waals surface area contributed by atoms with E-state index in [0.717, 1.165) is 64.3 Å². The van der Waals surface area contributed by atoms with Gasteiger partial charge in [0.25, 0.3) is 0 Å². The van der Waals surface area contributed by atoms with Crippen LogP contribution in [0.4, 0.5) is 4.39 Å². The molecule has 6 heteroatoms. The Balaban J connectivity index is 1.57. The third-order valence-corrected chi connectivity index (χ3v) is 6.25. The molecule has 1 aromatic carbocycles. The topological polar surface area (TPSA) is 35.9 Å². The van der Waals surface area contributed by atoms with Gasteiger partial charge in [0.05, 0.1) is 11.6 Å². The number of ether oxygens (including phenoxy) is 1. The van der Waals surface area contributed by atoms with Gasteiger partial charge in [-0.15, -0.1) is 0 Å². The lowest BCUT2D eigenvalue weighted by atomic mass is 9.71. The van der Waals surface area contributed by atoms with Crippen LogP contribution in [0, 0.1) is 17.2 Å². The summed E-state index contributed by atoms with van der Waals surface area (Å²) in [5, 5.41) is 10.1. The number of aliphatic hydroxyl groups is 1. The van der Waals surface area contributed by atoms with Crippen molar-refractivity contribution in [3.8, 4) is 0 Å². The van der Waals surface area contributed by atoms with Gasteiger partial charge < -0.3 is 14.7 Å². The van der Waals surface area contributed by atoms with Crippen molar-refractivity contribution < 1.29 is 14.2 Å². The van der Waals surface area contributed by atoms with E-state index in [9.17, 15) is 9.50 Å². The number of piperidine rings is 1. The lowest BCUT2D eigenvalue weighted by Crippen LogP contribution is -2.44. The number of hydrogen-bond donors (Lipinski definition) is 1. The van der Waals surface area contributed by atoms with Gasteiger partial charge in [0.2, 0.25) is 0 Å². The van der Waals surface area contributed by atoms with E-state index in [1.54, 1.807) is 13.2 Å². The van der Waals surface area contributed by atoms with Crippen LogP contribution in [-0.2, 0) is 11.3 Å². The van der Waals surface area contributed by atoms with E-state index in [2.05, 4.69) is 9.80 Å². The van der Waals surface area contributed by atoms with Crippen LogP contribution in [0.25, 0.3) is 0 Å². The third kappa shape index (κ3) is 4.34. The Morgan fingerprint density at radius 3 is 2.72 bits per heavy atom. The Morgan fingerprint density at radius 1 is 1.32 bits per heavy atom. The minimum Gasteiger partial charge on any atom is -0.396 e. The molecule has 1 atom stereocenters. The molecule has 0 aliphatic carbocycles. The third-order valence-electron chi connectivity index (χ3n) is 5.96. The number of hydrogen-bond acceptors (Lipinski definition) is 4. The Labute approximate surface area is 154 Å². The van der Waals surface area contributed by atoms with Gasteiger partial charge in [0.15, 0.2) is 0 Å². The molecular formula is C19H28ClFN2O2. The highest BCUT2D eigenvalue weighted by molar-refractivity contribution is 6.30. The van der Waals surface area contributed by atoms with E-state index < -0.39 is 0 Å². The van der Waals surface area contributed by atoms with Gasteiger partial charge in [0, 0.05) is 45.8 Å². The van der Waals surface area contributed by atoms with E-state index in [-0.39, 0.29) is 22.9 Å². The highest BCUT2D eigenvalue weighted by atomic mass is 35.5. The Bertz CT molecular complexity index is 579. The maximum Gasteiger partial charge on any atom is 0.141 e. The predicted octanol–water partition coefficient (Wildman–Crippen LogP) is 2.63. The van der Waals surface area contributed by atoms with Gasteiger partial charge in [0.1, 0.15) is 5.82 Å². The fourth-order valence-electron chi connectivity index (χ4n) is 4.41. The zero-order chi connectivity index (χ0) is 17.9. The van der Waals surface area contributed by atoms with Crippen molar-refractivity contribution in [3.63, 3.8) is 0 Å². The van der Waals surface area contributed by atoms with Crippen molar-refractivity contribution in [3.05, 3.63) is 34.6 Å². The first kappa shape index (κ1) is 19.1. The zero-order valence-corrected chi connectivity index (χ0v) is 15.6. The van der Waals surface area contributed by atoms with Crippen LogP contribution in [0.2, 0.25) is 5.02 Å². The largest absolute Gasteiger partial charge is 0.396 e. The van der Waals surface area contributed by atoms with Crippen LogP contribution in [0.3, 0.4) is 0 Å². The van der Waals surface area contributed by atoms with Gasteiger partial charge in [-0.3, -0.25) is 4.90 Å². The predicted molar refractivity (Wildman–Crippen MR) is 97.2 cm³/mol. The molecule has 0 amide bonds. The fraction of sp³-hybridized carbons (Fsp3) is 0.684. The van der Waals surface area contributed by atoms with E-state index in [0.29, 0.717) is 5.92 Å². The SMILES string of the molecule is COCCN1CC(CO)C2(CCN(Cc3ccc(F)c(Cl)c3)CC2)C1. The highest BCUT2D eigenvalue weighted by Crippen LogP contribution is 2.44. The van der Waals surface area contributed by atoms with Gasteiger partial charge >= 0.3 is 0 Å². The van der Waals surface area contributed by atoms with Crippen LogP contribution >= 0.6 is 11.6 Å². The van der Waals surface area contributed by atoms with Gasteiger partial charge in [-0.1, -0.05) is 17.7 Å². The zero-order valence-electron chi connectivity index (χ0n) is 14.9. The van der Waals surface area contributed by atoms with Crippen LogP contribution < -0.4 is 0 Å². The minimum absolute atomic E-state index is 0.191. The van der Waals surface area contributed by atoms with E-state index in [1.807, 2.05) is 6.07 Å². The number of benzene rings is 1. The molecule has 4 nitrogen and oxygen atoms in total. The molecular weight excluding hydrogens is 343 g/mol. The number of likely N-dealkylation sites (tertiary alicyclic amines) is 2. The van der Waals surface area contributed by atoms with Crippen molar-refractivity contribution in [2.75, 3.05) is 53.0 Å². The lowest BCUT2D eigenvalue weighted by Gasteiger charge is -2.42. The molecule has 1 unspecified atom stereocenters. The van der Waals surface area contributed by atoms with Crippen molar-refractivity contribution >= 4 is 11.6 Å². The summed E-state index contributed by atoms with van der Waals surface area (Å²) >= 11 is 5.89. The number of nitrogens with zero attached hydrogens (tertiary/aromatic N) is 2. The average molecular weight is 371 g/mol. The first-order valence-corrected chi connectivity index (χ1v) is 9.42. The summed E-state index contributed by atoms with van der Waals surface area (Å²) in [4.78, 5) is 4.83. The number of rotatable bonds is 6. The molecule has 0 aromatic heterocycles. The van der Waals surface area contributed by atoms with Crippen LogP contribution in [0.1, 0.15) is 18.4 Å². The molecule has 0 radical (unpaired) electrons. The Kier molecular flexibility index (Phi) is 6.34. The number of methoxy groups -OCH3 is 1. The molecule has 2 aliphatic heterocycles. The fourth-order valence-corrected chi connectivity index (χ4v) is 4.61. The van der Waals surface area contributed by atoms with Crippen LogP contribution in [0.5, 0.6) is 0 Å². The summed E-state index contributed by atoms with van der Waals surface area (Å²) in [6, 6.07) is 4.97. The summed E-state index contributed by atoms with van der Waals surface area (Å²) in [5.41, 5.74) is 1.27. The molecule has 3 rings (SSSR count). The molecule has 140 valence electrons. The van der Waals surface area contributed by atoms with Crippen LogP contribution in [-0.4, -0.2) is 68.0 Å². The first-order chi connectivity index (χ1) is 12.1. The first-order valence-electron chi connectivity index (χ1n) is 9.05. The molecule has 0 bridgehead atoms. The summed E-state index contributed by atoms with van der Waals surface area (Å²) in [6.45, 7) is 6.76.